The van der Waals surface area contributed by atoms with Gasteiger partial charge in [0.2, 0.25) is 0 Å². The van der Waals surface area contributed by atoms with E-state index in [1.165, 1.54) is 0 Å². The predicted octanol–water partition coefficient (Wildman–Crippen LogP) is 3.65. The zero-order chi connectivity index (χ0) is 14.8. The van der Waals surface area contributed by atoms with Crippen molar-refractivity contribution >= 4 is 17.4 Å². The van der Waals surface area contributed by atoms with Crippen LogP contribution in [0.4, 0.5) is 5.82 Å². The molecule has 1 aromatic heterocycles. The zero-order valence-corrected chi connectivity index (χ0v) is 13.0. The molecule has 1 aromatic carbocycles. The average molecular weight is 304 g/mol. The Kier molecular flexibility index (Phi) is 3.97. The Hall–Kier alpha value is -1.81. The van der Waals surface area contributed by atoms with Crippen molar-refractivity contribution in [2.45, 2.75) is 26.3 Å². The third-order valence-corrected chi connectivity index (χ3v) is 3.69. The monoisotopic (exact) mass is 303 g/mol. The molecule has 0 aliphatic carbocycles. The summed E-state index contributed by atoms with van der Waals surface area (Å²) in [5.74, 6) is 2.83. The quantitative estimate of drug-likeness (QED) is 0.794. The van der Waals surface area contributed by atoms with E-state index in [2.05, 4.69) is 34.8 Å². The highest BCUT2D eigenvalue weighted by Crippen LogP contribution is 2.27. The van der Waals surface area contributed by atoms with Gasteiger partial charge in [0, 0.05) is 24.1 Å². The minimum absolute atomic E-state index is 0.248. The number of hydrogen-bond acceptors (Lipinski definition) is 4. The molecule has 0 radical (unpaired) electrons. The topological polar surface area (TPSA) is 38.2 Å². The molecule has 0 unspecified atom stereocenters. The Morgan fingerprint density at radius 1 is 1.24 bits per heavy atom. The fourth-order valence-electron chi connectivity index (χ4n) is 2.36. The summed E-state index contributed by atoms with van der Waals surface area (Å²) in [5, 5.41) is 0.488. The molecule has 21 heavy (non-hydrogen) atoms. The van der Waals surface area contributed by atoms with Gasteiger partial charge in [-0.25, -0.2) is 9.97 Å². The van der Waals surface area contributed by atoms with Crippen LogP contribution in [-0.4, -0.2) is 23.1 Å². The van der Waals surface area contributed by atoms with Crippen molar-refractivity contribution < 1.29 is 4.74 Å². The van der Waals surface area contributed by atoms with Gasteiger partial charge in [-0.15, -0.1) is 0 Å². The van der Waals surface area contributed by atoms with Crippen LogP contribution in [0.15, 0.2) is 30.3 Å². The van der Waals surface area contributed by atoms with E-state index < -0.39 is 0 Å². The second-order valence-electron chi connectivity index (χ2n) is 5.44. The fraction of sp³-hybridized carbons (Fsp3) is 0.375. The van der Waals surface area contributed by atoms with Crippen molar-refractivity contribution in [3.05, 3.63) is 46.9 Å². The molecule has 1 aliphatic rings. The van der Waals surface area contributed by atoms with Gasteiger partial charge in [0.05, 0.1) is 6.54 Å². The smallest absolute Gasteiger partial charge is 0.135 e. The third kappa shape index (κ3) is 3.10. The van der Waals surface area contributed by atoms with Crippen LogP contribution in [0.25, 0.3) is 0 Å². The van der Waals surface area contributed by atoms with Gasteiger partial charge in [-0.2, -0.15) is 0 Å². The number of aromatic nitrogens is 2. The van der Waals surface area contributed by atoms with Crippen LogP contribution >= 0.6 is 11.6 Å². The molecule has 0 spiro atoms. The van der Waals surface area contributed by atoms with E-state index in [0.717, 1.165) is 36.0 Å². The van der Waals surface area contributed by atoms with Gasteiger partial charge in [0.1, 0.15) is 29.2 Å². The summed E-state index contributed by atoms with van der Waals surface area (Å²) in [6, 6.07) is 9.93. The summed E-state index contributed by atoms with van der Waals surface area (Å²) >= 11 is 6.15. The Balaban J connectivity index is 1.94. The number of anilines is 1. The maximum Gasteiger partial charge on any atom is 0.135 e. The van der Waals surface area contributed by atoms with Crippen molar-refractivity contribution in [3.8, 4) is 5.75 Å². The van der Waals surface area contributed by atoms with E-state index in [9.17, 15) is 0 Å². The number of hydrogen-bond donors (Lipinski definition) is 0. The molecule has 0 atom stereocenters. The summed E-state index contributed by atoms with van der Waals surface area (Å²) in [6.45, 7) is 6.31. The molecule has 0 saturated heterocycles. The summed E-state index contributed by atoms with van der Waals surface area (Å²) < 4.78 is 5.79. The molecule has 5 heteroatoms. The van der Waals surface area contributed by atoms with Gasteiger partial charge in [0.15, 0.2) is 0 Å². The fourth-order valence-corrected chi connectivity index (χ4v) is 2.55. The second-order valence-corrected chi connectivity index (χ2v) is 5.83. The van der Waals surface area contributed by atoms with Crippen LogP contribution in [0, 0.1) is 0 Å². The Labute approximate surface area is 129 Å². The van der Waals surface area contributed by atoms with E-state index in [4.69, 9.17) is 16.3 Å². The van der Waals surface area contributed by atoms with Crippen LogP contribution in [0.5, 0.6) is 5.75 Å². The van der Waals surface area contributed by atoms with Crippen LogP contribution in [0.3, 0.4) is 0 Å². The van der Waals surface area contributed by atoms with Gasteiger partial charge in [-0.1, -0.05) is 43.6 Å². The zero-order valence-electron chi connectivity index (χ0n) is 12.2. The highest BCUT2D eigenvalue weighted by Gasteiger charge is 2.18. The lowest BCUT2D eigenvalue weighted by Gasteiger charge is -2.22. The SMILES string of the molecule is CC(C)c1nc(Cl)cc(N2CCOc3ccccc3C2)n1. The molecule has 0 bridgehead atoms. The summed E-state index contributed by atoms with van der Waals surface area (Å²) in [4.78, 5) is 11.1. The number of nitrogens with zero attached hydrogens (tertiary/aromatic N) is 3. The van der Waals surface area contributed by atoms with Crippen LogP contribution < -0.4 is 9.64 Å². The largest absolute Gasteiger partial charge is 0.491 e. The van der Waals surface area contributed by atoms with Crippen molar-refractivity contribution in [3.63, 3.8) is 0 Å². The molecule has 2 aromatic rings. The lowest BCUT2D eigenvalue weighted by molar-refractivity contribution is 0.331. The number of rotatable bonds is 2. The van der Waals surface area contributed by atoms with Crippen LogP contribution in [0.2, 0.25) is 5.15 Å². The van der Waals surface area contributed by atoms with Gasteiger partial charge in [-0.05, 0) is 6.07 Å². The highest BCUT2D eigenvalue weighted by atomic mass is 35.5. The minimum Gasteiger partial charge on any atom is -0.491 e. The van der Waals surface area contributed by atoms with Gasteiger partial charge in [-0.3, -0.25) is 0 Å². The lowest BCUT2D eigenvalue weighted by atomic mass is 10.2. The van der Waals surface area contributed by atoms with Crippen molar-refractivity contribution in [1.29, 1.82) is 0 Å². The minimum atomic E-state index is 0.248. The Morgan fingerprint density at radius 3 is 2.86 bits per heavy atom. The van der Waals surface area contributed by atoms with E-state index in [1.807, 2.05) is 24.3 Å². The van der Waals surface area contributed by atoms with Crippen LogP contribution in [0.1, 0.15) is 31.2 Å². The van der Waals surface area contributed by atoms with E-state index in [1.54, 1.807) is 0 Å². The molecule has 0 amide bonds. The third-order valence-electron chi connectivity index (χ3n) is 3.49. The molecule has 2 heterocycles. The normalized spacial score (nSPS) is 14.6. The standard InChI is InChI=1S/C16H18ClN3O/c1-11(2)16-18-14(17)9-15(19-16)20-7-8-21-13-6-4-3-5-12(13)10-20/h3-6,9,11H,7-8,10H2,1-2H3. The summed E-state index contributed by atoms with van der Waals surface area (Å²) in [6.07, 6.45) is 0. The number of halogens is 1. The van der Waals surface area contributed by atoms with Crippen molar-refractivity contribution in [1.82, 2.24) is 9.97 Å². The molecule has 0 saturated carbocycles. The van der Waals surface area contributed by atoms with Gasteiger partial charge in [0.25, 0.3) is 0 Å². The molecule has 4 nitrogen and oxygen atoms in total. The first-order chi connectivity index (χ1) is 10.1. The Bertz CT molecular complexity index is 645. The summed E-state index contributed by atoms with van der Waals surface area (Å²) in [7, 11) is 0. The maximum atomic E-state index is 6.15. The maximum absolute atomic E-state index is 6.15. The van der Waals surface area contributed by atoms with Crippen molar-refractivity contribution in [2.24, 2.45) is 0 Å². The average Bonchev–Trinajstić information content (AvgIpc) is 2.68. The van der Waals surface area contributed by atoms with Crippen LogP contribution in [-0.2, 0) is 6.54 Å². The molecule has 1 aliphatic heterocycles. The molecule has 110 valence electrons. The van der Waals surface area contributed by atoms with Gasteiger partial charge >= 0.3 is 0 Å². The first-order valence-electron chi connectivity index (χ1n) is 7.13. The first kappa shape index (κ1) is 14.1. The predicted molar refractivity (Wildman–Crippen MR) is 84.1 cm³/mol. The summed E-state index contributed by atoms with van der Waals surface area (Å²) in [5.41, 5.74) is 1.16. The lowest BCUT2D eigenvalue weighted by Crippen LogP contribution is -2.26. The van der Waals surface area contributed by atoms with Crippen molar-refractivity contribution in [2.75, 3.05) is 18.1 Å². The molecule has 3 rings (SSSR count). The Morgan fingerprint density at radius 2 is 2.05 bits per heavy atom. The molecular formula is C16H18ClN3O. The molecule has 0 N–H and O–H groups in total. The second kappa shape index (κ2) is 5.90. The van der Waals surface area contributed by atoms with E-state index in [-0.39, 0.29) is 5.92 Å². The van der Waals surface area contributed by atoms with E-state index in [0.29, 0.717) is 11.8 Å². The number of para-hydroxylation sites is 1. The van der Waals surface area contributed by atoms with E-state index >= 15 is 0 Å². The van der Waals surface area contributed by atoms with Gasteiger partial charge < -0.3 is 9.64 Å². The number of fused-ring (bicyclic) bond motifs is 1. The number of ether oxygens (including phenoxy) is 1. The molecule has 0 fully saturated rings. The highest BCUT2D eigenvalue weighted by molar-refractivity contribution is 6.29. The number of benzene rings is 1. The molecular weight excluding hydrogens is 286 g/mol. The first-order valence-corrected chi connectivity index (χ1v) is 7.51.